The van der Waals surface area contributed by atoms with E-state index in [1.807, 2.05) is 0 Å². The van der Waals surface area contributed by atoms with Crippen molar-refractivity contribution in [3.05, 3.63) is 23.8 Å². The number of carbonyl (C=O) groups excluding carboxylic acids is 2. The lowest BCUT2D eigenvalue weighted by Crippen LogP contribution is -2.55. The van der Waals surface area contributed by atoms with Gasteiger partial charge in [0.25, 0.3) is 5.91 Å². The number of rotatable bonds is 8. The molecule has 1 fully saturated rings. The molecule has 0 atom stereocenters. The third-order valence-electron chi connectivity index (χ3n) is 4.51. The molecule has 1 N–H and O–H groups in total. The van der Waals surface area contributed by atoms with Crippen molar-refractivity contribution in [3.8, 4) is 11.5 Å². The van der Waals surface area contributed by atoms with Crippen molar-refractivity contribution in [1.29, 1.82) is 0 Å². The second-order valence-electron chi connectivity index (χ2n) is 6.90. The van der Waals surface area contributed by atoms with E-state index in [0.29, 0.717) is 23.6 Å². The summed E-state index contributed by atoms with van der Waals surface area (Å²) in [6.45, 7) is 9.25. The summed E-state index contributed by atoms with van der Waals surface area (Å²) in [7, 11) is 1.50. The van der Waals surface area contributed by atoms with E-state index in [-0.39, 0.29) is 23.8 Å². The second-order valence-corrected chi connectivity index (χ2v) is 6.90. The van der Waals surface area contributed by atoms with Crippen LogP contribution in [0.4, 0.5) is 0 Å². The van der Waals surface area contributed by atoms with E-state index in [2.05, 4.69) is 24.1 Å². The van der Waals surface area contributed by atoms with E-state index in [9.17, 15) is 9.59 Å². The van der Waals surface area contributed by atoms with Crippen molar-refractivity contribution in [2.24, 2.45) is 0 Å². The number of nitrogens with one attached hydrogen (secondary N) is 1. The van der Waals surface area contributed by atoms with Crippen LogP contribution in [0.5, 0.6) is 11.5 Å². The highest BCUT2D eigenvalue weighted by Gasteiger charge is 2.28. The molecule has 7 nitrogen and oxygen atoms in total. The van der Waals surface area contributed by atoms with Gasteiger partial charge >= 0.3 is 0 Å². The summed E-state index contributed by atoms with van der Waals surface area (Å²) in [6, 6.07) is 4.90. The molecule has 1 aliphatic heterocycles. The van der Waals surface area contributed by atoms with Gasteiger partial charge in [-0.2, -0.15) is 0 Å². The highest BCUT2D eigenvalue weighted by molar-refractivity contribution is 5.94. The topological polar surface area (TPSA) is 77.1 Å². The molecule has 0 radical (unpaired) electrons. The summed E-state index contributed by atoms with van der Waals surface area (Å²) < 4.78 is 16.2. The number of nitrogens with zero attached hydrogens (tertiary/aromatic N) is 1. The van der Waals surface area contributed by atoms with Gasteiger partial charge in [0.15, 0.2) is 23.9 Å². The van der Waals surface area contributed by atoms with Crippen molar-refractivity contribution in [3.63, 3.8) is 0 Å². The molecule has 0 aromatic heterocycles. The average Bonchev–Trinajstić information content (AvgIpc) is 2.65. The van der Waals surface area contributed by atoms with Gasteiger partial charge in [0.05, 0.1) is 20.3 Å². The van der Waals surface area contributed by atoms with Crippen LogP contribution in [0.2, 0.25) is 0 Å². The monoisotopic (exact) mass is 364 g/mol. The molecule has 1 amide bonds. The molecule has 1 aromatic rings. The Bertz CT molecular complexity index is 639. The maximum absolute atomic E-state index is 12.1. The Kier molecular flexibility index (Phi) is 6.99. The molecule has 0 saturated carbocycles. The van der Waals surface area contributed by atoms with E-state index in [0.717, 1.165) is 26.3 Å². The molecular formula is C19H28N2O5. The lowest BCUT2D eigenvalue weighted by molar-refractivity contribution is -0.123. The number of ketones is 1. The predicted molar refractivity (Wildman–Crippen MR) is 98.0 cm³/mol. The van der Waals surface area contributed by atoms with Crippen LogP contribution in [0.15, 0.2) is 18.2 Å². The van der Waals surface area contributed by atoms with Gasteiger partial charge in [-0.1, -0.05) is 0 Å². The zero-order valence-corrected chi connectivity index (χ0v) is 16.0. The average molecular weight is 364 g/mol. The minimum absolute atomic E-state index is 0.0575. The molecule has 7 heteroatoms. The lowest BCUT2D eigenvalue weighted by atomic mass is 10.0. The molecule has 26 heavy (non-hydrogen) atoms. The summed E-state index contributed by atoms with van der Waals surface area (Å²) in [4.78, 5) is 25.9. The molecule has 1 saturated heterocycles. The number of ether oxygens (including phenoxy) is 3. The Labute approximate surface area is 154 Å². The number of morpholine rings is 1. The summed E-state index contributed by atoms with van der Waals surface area (Å²) in [5.74, 6) is 0.598. The zero-order valence-electron chi connectivity index (χ0n) is 16.0. The molecule has 1 aromatic carbocycles. The number of Topliss-reactive ketones (excluding diaryl/α,β-unsaturated/α-hetero) is 1. The van der Waals surface area contributed by atoms with Gasteiger partial charge in [0.2, 0.25) is 0 Å². The molecule has 0 spiro atoms. The normalized spacial score (nSPS) is 15.4. The fraction of sp³-hybridized carbons (Fsp3) is 0.579. The maximum Gasteiger partial charge on any atom is 0.258 e. The summed E-state index contributed by atoms with van der Waals surface area (Å²) >= 11 is 0. The van der Waals surface area contributed by atoms with Gasteiger partial charge in [-0.25, -0.2) is 0 Å². The quantitative estimate of drug-likeness (QED) is 0.705. The number of hydrogen-bond donors (Lipinski definition) is 1. The number of amides is 1. The zero-order chi connectivity index (χ0) is 19.2. The highest BCUT2D eigenvalue weighted by atomic mass is 16.5. The minimum Gasteiger partial charge on any atom is -0.493 e. The molecule has 144 valence electrons. The number of methoxy groups -OCH3 is 1. The van der Waals surface area contributed by atoms with Gasteiger partial charge in [0, 0.05) is 30.7 Å². The van der Waals surface area contributed by atoms with E-state index >= 15 is 0 Å². The highest BCUT2D eigenvalue weighted by Crippen LogP contribution is 2.28. The van der Waals surface area contributed by atoms with Crippen LogP contribution in [0.3, 0.4) is 0 Å². The number of hydrogen-bond acceptors (Lipinski definition) is 6. The van der Waals surface area contributed by atoms with Crippen LogP contribution in [-0.2, 0) is 9.53 Å². The fourth-order valence-electron chi connectivity index (χ4n) is 2.80. The molecule has 0 unspecified atom stereocenters. The standard InChI is InChI=1S/C19H28N2O5/c1-14(22)15-5-6-16(17(11-15)24-4)26-12-18(23)20-13-19(2,3)21-7-9-25-10-8-21/h5-6,11H,7-10,12-13H2,1-4H3,(H,20,23). The Balaban J connectivity index is 1.85. The number of carbonyl (C=O) groups is 2. The first-order valence-corrected chi connectivity index (χ1v) is 8.75. The Morgan fingerprint density at radius 3 is 2.54 bits per heavy atom. The third kappa shape index (κ3) is 5.44. The van der Waals surface area contributed by atoms with Gasteiger partial charge in [-0.3, -0.25) is 14.5 Å². The summed E-state index contributed by atoms with van der Waals surface area (Å²) in [5, 5.41) is 2.92. The molecule has 1 heterocycles. The minimum atomic E-state index is -0.205. The Hall–Kier alpha value is -2.12. The largest absolute Gasteiger partial charge is 0.493 e. The predicted octanol–water partition coefficient (Wildman–Crippen LogP) is 1.50. The van der Waals surface area contributed by atoms with Gasteiger partial charge < -0.3 is 19.5 Å². The molecule has 0 bridgehead atoms. The van der Waals surface area contributed by atoms with Gasteiger partial charge in [0.1, 0.15) is 0 Å². The molecule has 2 rings (SSSR count). The van der Waals surface area contributed by atoms with Crippen LogP contribution >= 0.6 is 0 Å². The lowest BCUT2D eigenvalue weighted by Gasteiger charge is -2.40. The van der Waals surface area contributed by atoms with Crippen LogP contribution in [-0.4, -0.2) is 68.7 Å². The van der Waals surface area contributed by atoms with E-state index in [1.54, 1.807) is 18.2 Å². The van der Waals surface area contributed by atoms with Crippen LogP contribution in [0, 0.1) is 0 Å². The third-order valence-corrected chi connectivity index (χ3v) is 4.51. The first-order chi connectivity index (χ1) is 12.3. The van der Waals surface area contributed by atoms with E-state index < -0.39 is 0 Å². The van der Waals surface area contributed by atoms with Crippen molar-refractivity contribution >= 4 is 11.7 Å². The summed E-state index contributed by atoms with van der Waals surface area (Å²) in [5.41, 5.74) is 0.381. The SMILES string of the molecule is COc1cc(C(C)=O)ccc1OCC(=O)NCC(C)(C)N1CCOCC1. The maximum atomic E-state index is 12.1. The fourth-order valence-corrected chi connectivity index (χ4v) is 2.80. The van der Waals surface area contributed by atoms with Gasteiger partial charge in [-0.15, -0.1) is 0 Å². The van der Waals surface area contributed by atoms with Crippen molar-refractivity contribution in [1.82, 2.24) is 10.2 Å². The van der Waals surface area contributed by atoms with Crippen LogP contribution < -0.4 is 14.8 Å². The molecule has 0 aliphatic carbocycles. The molecular weight excluding hydrogens is 336 g/mol. The van der Waals surface area contributed by atoms with Crippen molar-refractivity contribution in [2.75, 3.05) is 46.6 Å². The summed E-state index contributed by atoms with van der Waals surface area (Å²) in [6.07, 6.45) is 0. The first kappa shape index (κ1) is 20.2. The number of benzene rings is 1. The van der Waals surface area contributed by atoms with E-state index in [1.165, 1.54) is 14.0 Å². The van der Waals surface area contributed by atoms with Crippen LogP contribution in [0.25, 0.3) is 0 Å². The second kappa shape index (κ2) is 9.00. The first-order valence-electron chi connectivity index (χ1n) is 8.75. The smallest absolute Gasteiger partial charge is 0.258 e. The van der Waals surface area contributed by atoms with E-state index in [4.69, 9.17) is 14.2 Å². The van der Waals surface area contributed by atoms with Crippen LogP contribution in [0.1, 0.15) is 31.1 Å². The Morgan fingerprint density at radius 1 is 1.23 bits per heavy atom. The van der Waals surface area contributed by atoms with Crippen molar-refractivity contribution < 1.29 is 23.8 Å². The van der Waals surface area contributed by atoms with Gasteiger partial charge in [-0.05, 0) is 39.0 Å². The van der Waals surface area contributed by atoms with Crippen molar-refractivity contribution in [2.45, 2.75) is 26.3 Å². The molecule has 1 aliphatic rings. The Morgan fingerprint density at radius 2 is 1.92 bits per heavy atom.